The van der Waals surface area contributed by atoms with Gasteiger partial charge in [0, 0.05) is 5.41 Å². The Morgan fingerprint density at radius 2 is 2.00 bits per heavy atom. The third-order valence-electron chi connectivity index (χ3n) is 3.81. The minimum absolute atomic E-state index is 0.00859. The predicted molar refractivity (Wildman–Crippen MR) is 51.8 cm³/mol. The summed E-state index contributed by atoms with van der Waals surface area (Å²) in [7, 11) is 0. The highest BCUT2D eigenvalue weighted by molar-refractivity contribution is 5.86. The molecular weight excluding hydrogens is 176 g/mol. The number of carbonyl (C=O) groups excluding carboxylic acids is 1. The van der Waals surface area contributed by atoms with Crippen LogP contribution < -0.4 is 0 Å². The van der Waals surface area contributed by atoms with Crippen molar-refractivity contribution < 1.29 is 9.53 Å². The van der Waals surface area contributed by atoms with E-state index in [-0.39, 0.29) is 16.8 Å². The van der Waals surface area contributed by atoms with Crippen molar-refractivity contribution in [2.45, 2.75) is 18.8 Å². The molecule has 2 heteroatoms. The highest BCUT2D eigenvalue weighted by Crippen LogP contribution is 2.68. The summed E-state index contributed by atoms with van der Waals surface area (Å²) in [6.45, 7) is 2.57. The molecule has 0 aromatic heterocycles. The van der Waals surface area contributed by atoms with Gasteiger partial charge in [-0.15, -0.1) is 0 Å². The van der Waals surface area contributed by atoms with Gasteiger partial charge in [0.2, 0.25) is 0 Å². The molecule has 0 bridgehead atoms. The lowest BCUT2D eigenvalue weighted by atomic mass is 9.90. The summed E-state index contributed by atoms with van der Waals surface area (Å²) in [5, 5.41) is 0. The Labute approximate surface area is 82.9 Å². The molecule has 3 rings (SSSR count). The quantitative estimate of drug-likeness (QED) is 0.629. The fraction of sp³-hybridized carbons (Fsp3) is 0.417. The predicted octanol–water partition coefficient (Wildman–Crippen LogP) is 1.89. The van der Waals surface area contributed by atoms with Crippen LogP contribution in [0.15, 0.2) is 30.3 Å². The van der Waals surface area contributed by atoms with E-state index in [4.69, 9.17) is 4.74 Å². The number of hydrogen-bond acceptors (Lipinski definition) is 2. The zero-order valence-electron chi connectivity index (χ0n) is 8.12. The number of cyclic esters (lactones) is 1. The maximum absolute atomic E-state index is 11.5. The van der Waals surface area contributed by atoms with Crippen molar-refractivity contribution in [2.24, 2.45) is 5.41 Å². The van der Waals surface area contributed by atoms with Crippen LogP contribution in [0.5, 0.6) is 0 Å². The van der Waals surface area contributed by atoms with Gasteiger partial charge in [0.05, 0.1) is 5.41 Å². The van der Waals surface area contributed by atoms with Crippen molar-refractivity contribution in [1.82, 2.24) is 0 Å². The molecule has 14 heavy (non-hydrogen) atoms. The number of ether oxygens (including phenoxy) is 1. The fourth-order valence-corrected chi connectivity index (χ4v) is 2.65. The number of carbonyl (C=O) groups is 1. The van der Waals surface area contributed by atoms with E-state index < -0.39 is 0 Å². The second-order valence-corrected chi connectivity index (χ2v) is 4.53. The molecule has 72 valence electrons. The summed E-state index contributed by atoms with van der Waals surface area (Å²) in [6.07, 6.45) is 0.947. The van der Waals surface area contributed by atoms with E-state index in [0.717, 1.165) is 6.42 Å². The van der Waals surface area contributed by atoms with Crippen LogP contribution in [0.3, 0.4) is 0 Å². The van der Waals surface area contributed by atoms with E-state index in [9.17, 15) is 4.79 Å². The van der Waals surface area contributed by atoms with Gasteiger partial charge in [0.25, 0.3) is 0 Å². The first kappa shape index (κ1) is 8.04. The van der Waals surface area contributed by atoms with E-state index in [2.05, 4.69) is 12.1 Å². The molecule has 1 aliphatic carbocycles. The molecule has 2 aliphatic rings. The molecule has 0 spiro atoms. The molecule has 0 N–H and O–H groups in total. The van der Waals surface area contributed by atoms with Gasteiger partial charge in [-0.25, -0.2) is 0 Å². The summed E-state index contributed by atoms with van der Waals surface area (Å²) in [5.41, 5.74) is 0.994. The zero-order valence-corrected chi connectivity index (χ0v) is 8.12. The molecule has 2 atom stereocenters. The minimum Gasteiger partial charge on any atom is -0.464 e. The molecule has 1 aliphatic heterocycles. The first-order valence-electron chi connectivity index (χ1n) is 4.92. The second kappa shape index (κ2) is 2.19. The van der Waals surface area contributed by atoms with Crippen LogP contribution in [0.4, 0.5) is 0 Å². The molecule has 1 heterocycles. The van der Waals surface area contributed by atoms with Gasteiger partial charge in [-0.2, -0.15) is 0 Å². The van der Waals surface area contributed by atoms with Crippen LogP contribution in [-0.2, 0) is 14.9 Å². The second-order valence-electron chi connectivity index (χ2n) is 4.53. The normalized spacial score (nSPS) is 39.1. The Kier molecular flexibility index (Phi) is 1.26. The van der Waals surface area contributed by atoms with Gasteiger partial charge >= 0.3 is 5.97 Å². The van der Waals surface area contributed by atoms with Crippen LogP contribution >= 0.6 is 0 Å². The average Bonchev–Trinajstić information content (AvgIpc) is 2.77. The van der Waals surface area contributed by atoms with Crippen molar-refractivity contribution in [1.29, 1.82) is 0 Å². The highest BCUT2D eigenvalue weighted by atomic mass is 16.5. The number of hydrogen-bond donors (Lipinski definition) is 0. The number of rotatable bonds is 1. The Hall–Kier alpha value is -1.31. The van der Waals surface area contributed by atoms with Crippen LogP contribution in [0.1, 0.15) is 18.9 Å². The first-order valence-corrected chi connectivity index (χ1v) is 4.92. The molecular formula is C12H12O2. The topological polar surface area (TPSA) is 26.3 Å². The van der Waals surface area contributed by atoms with Crippen LogP contribution in [-0.4, -0.2) is 12.6 Å². The lowest BCUT2D eigenvalue weighted by Gasteiger charge is -2.10. The standard InChI is InChI=1S/C12H12O2/c1-11-7-12(11,8-14-10(11)13)9-5-3-2-4-6-9/h2-6H,7-8H2,1H3/t11-,12-/m1/s1. The van der Waals surface area contributed by atoms with E-state index in [0.29, 0.717) is 6.61 Å². The smallest absolute Gasteiger partial charge is 0.312 e. The van der Waals surface area contributed by atoms with E-state index in [1.54, 1.807) is 0 Å². The lowest BCUT2D eigenvalue weighted by molar-refractivity contribution is -0.144. The third-order valence-corrected chi connectivity index (χ3v) is 3.81. The molecule has 1 aromatic carbocycles. The fourth-order valence-electron chi connectivity index (χ4n) is 2.65. The van der Waals surface area contributed by atoms with Gasteiger partial charge in [-0.3, -0.25) is 4.79 Å². The van der Waals surface area contributed by atoms with Gasteiger partial charge in [0.1, 0.15) is 6.61 Å². The van der Waals surface area contributed by atoms with Crippen molar-refractivity contribution in [2.75, 3.05) is 6.61 Å². The Balaban J connectivity index is 2.07. The SMILES string of the molecule is C[C@]12C[C@]1(c1ccccc1)COC2=O. The van der Waals surface area contributed by atoms with E-state index >= 15 is 0 Å². The number of esters is 1. The van der Waals surface area contributed by atoms with Crippen LogP contribution in [0, 0.1) is 5.41 Å². The summed E-state index contributed by atoms with van der Waals surface area (Å²) in [6, 6.07) is 10.2. The van der Waals surface area contributed by atoms with Gasteiger partial charge in [0.15, 0.2) is 0 Å². The van der Waals surface area contributed by atoms with Crippen molar-refractivity contribution in [3.05, 3.63) is 35.9 Å². The summed E-state index contributed by atoms with van der Waals surface area (Å²) < 4.78 is 5.14. The molecule has 1 aromatic rings. The monoisotopic (exact) mass is 188 g/mol. The van der Waals surface area contributed by atoms with Gasteiger partial charge in [-0.05, 0) is 18.9 Å². The molecule has 0 amide bonds. The summed E-state index contributed by atoms with van der Waals surface area (Å²) in [4.78, 5) is 11.5. The molecule has 0 radical (unpaired) electrons. The third kappa shape index (κ3) is 0.707. The zero-order chi connectivity index (χ0) is 9.81. The molecule has 2 nitrogen and oxygen atoms in total. The van der Waals surface area contributed by atoms with E-state index in [1.165, 1.54) is 5.56 Å². The maximum Gasteiger partial charge on any atom is 0.312 e. The molecule has 2 fully saturated rings. The number of fused-ring (bicyclic) bond motifs is 1. The first-order chi connectivity index (χ1) is 6.69. The summed E-state index contributed by atoms with van der Waals surface area (Å²) in [5.74, 6) is -0.0265. The maximum atomic E-state index is 11.5. The van der Waals surface area contributed by atoms with Crippen LogP contribution in [0.2, 0.25) is 0 Å². The summed E-state index contributed by atoms with van der Waals surface area (Å²) >= 11 is 0. The van der Waals surface area contributed by atoms with Crippen molar-refractivity contribution in [3.8, 4) is 0 Å². The Morgan fingerprint density at radius 1 is 1.29 bits per heavy atom. The minimum atomic E-state index is -0.242. The Bertz CT molecular complexity index is 394. The van der Waals surface area contributed by atoms with E-state index in [1.807, 2.05) is 25.1 Å². The Morgan fingerprint density at radius 3 is 2.50 bits per heavy atom. The lowest BCUT2D eigenvalue weighted by Crippen LogP contribution is -2.15. The largest absolute Gasteiger partial charge is 0.464 e. The average molecular weight is 188 g/mol. The van der Waals surface area contributed by atoms with Gasteiger partial charge < -0.3 is 4.74 Å². The molecule has 1 saturated carbocycles. The molecule has 0 unspecified atom stereocenters. The number of benzene rings is 1. The van der Waals surface area contributed by atoms with Gasteiger partial charge in [-0.1, -0.05) is 30.3 Å². The van der Waals surface area contributed by atoms with Crippen LogP contribution in [0.25, 0.3) is 0 Å². The highest BCUT2D eigenvalue weighted by Gasteiger charge is 2.75. The van der Waals surface area contributed by atoms with Crippen molar-refractivity contribution in [3.63, 3.8) is 0 Å². The van der Waals surface area contributed by atoms with Crippen molar-refractivity contribution >= 4 is 5.97 Å². The molecule has 1 saturated heterocycles.